The van der Waals surface area contributed by atoms with Gasteiger partial charge in [-0.05, 0) is 19.4 Å². The van der Waals surface area contributed by atoms with E-state index in [0.717, 1.165) is 6.07 Å². The van der Waals surface area contributed by atoms with Gasteiger partial charge in [0.05, 0.1) is 30.3 Å². The zero-order valence-corrected chi connectivity index (χ0v) is 13.1. The lowest BCUT2D eigenvalue weighted by atomic mass is 10.0. The summed E-state index contributed by atoms with van der Waals surface area (Å²) in [6, 6.07) is 1.11. The maximum absolute atomic E-state index is 11.5. The lowest BCUT2D eigenvalue weighted by Gasteiger charge is -2.17. The number of nitrogens with two attached hydrogens (primary N) is 1. The Labute approximate surface area is 133 Å². The van der Waals surface area contributed by atoms with Crippen molar-refractivity contribution in [1.29, 1.82) is 0 Å². The number of benzene rings is 1. The van der Waals surface area contributed by atoms with Gasteiger partial charge in [-0.1, -0.05) is 6.92 Å². The number of carbonyl (C=O) groups excluding carboxylic acids is 1. The Morgan fingerprint density at radius 2 is 2.17 bits per heavy atom. The molecule has 4 N–H and O–H groups in total. The molecule has 0 saturated carbocycles. The molecule has 0 saturated heterocycles. The molecule has 9 nitrogen and oxygen atoms in total. The molecule has 0 aliphatic heterocycles. The first kappa shape index (κ1) is 18.7. The SMILES string of the molecule is CCCC(=O)NOc1cc([N+](=O)[O-])c(CO)c(CCN)c1OC. The van der Waals surface area contributed by atoms with Crippen LogP contribution in [-0.4, -0.2) is 29.6 Å². The maximum Gasteiger partial charge on any atom is 0.279 e. The van der Waals surface area contributed by atoms with Crippen LogP contribution in [0, 0.1) is 10.1 Å². The van der Waals surface area contributed by atoms with Gasteiger partial charge >= 0.3 is 0 Å². The zero-order valence-electron chi connectivity index (χ0n) is 13.1. The summed E-state index contributed by atoms with van der Waals surface area (Å²) in [5.41, 5.74) is 7.91. The van der Waals surface area contributed by atoms with E-state index in [-0.39, 0.29) is 48.0 Å². The van der Waals surface area contributed by atoms with E-state index in [4.69, 9.17) is 15.3 Å². The quantitative estimate of drug-likeness (QED) is 0.451. The number of hydrogen-bond acceptors (Lipinski definition) is 7. The molecule has 0 aromatic heterocycles. The molecule has 128 valence electrons. The number of hydrogen-bond donors (Lipinski definition) is 3. The van der Waals surface area contributed by atoms with Crippen LogP contribution in [0.4, 0.5) is 5.69 Å². The molecule has 0 aliphatic carbocycles. The second-order valence-corrected chi connectivity index (χ2v) is 4.72. The second kappa shape index (κ2) is 8.91. The Bertz CT molecular complexity index is 576. The number of ether oxygens (including phenoxy) is 1. The van der Waals surface area contributed by atoms with Crippen LogP contribution in [0.1, 0.15) is 30.9 Å². The lowest BCUT2D eigenvalue weighted by Crippen LogP contribution is -2.27. The van der Waals surface area contributed by atoms with Gasteiger partial charge < -0.3 is 20.4 Å². The summed E-state index contributed by atoms with van der Waals surface area (Å²) < 4.78 is 5.23. The molecule has 1 rings (SSSR count). The fourth-order valence-electron chi connectivity index (χ4n) is 2.15. The topological polar surface area (TPSA) is 137 Å². The number of hydroxylamine groups is 1. The van der Waals surface area contributed by atoms with Gasteiger partial charge in [-0.15, -0.1) is 0 Å². The smallest absolute Gasteiger partial charge is 0.279 e. The Morgan fingerprint density at radius 1 is 1.48 bits per heavy atom. The van der Waals surface area contributed by atoms with Crippen LogP contribution in [0.3, 0.4) is 0 Å². The van der Waals surface area contributed by atoms with Crippen molar-refractivity contribution in [3.63, 3.8) is 0 Å². The summed E-state index contributed by atoms with van der Waals surface area (Å²) >= 11 is 0. The monoisotopic (exact) mass is 327 g/mol. The van der Waals surface area contributed by atoms with E-state index in [1.54, 1.807) is 0 Å². The summed E-state index contributed by atoms with van der Waals surface area (Å²) in [5.74, 6) is -0.171. The Balaban J connectivity index is 3.32. The highest BCUT2D eigenvalue weighted by atomic mass is 16.7. The molecule has 0 heterocycles. The number of methoxy groups -OCH3 is 1. The van der Waals surface area contributed by atoms with Crippen molar-refractivity contribution in [2.45, 2.75) is 32.8 Å². The highest BCUT2D eigenvalue weighted by Gasteiger charge is 2.26. The van der Waals surface area contributed by atoms with Gasteiger partial charge in [0.25, 0.3) is 11.6 Å². The van der Waals surface area contributed by atoms with Crippen molar-refractivity contribution in [1.82, 2.24) is 5.48 Å². The third kappa shape index (κ3) is 4.54. The number of nitrogens with zero attached hydrogens (tertiary/aromatic N) is 1. The predicted octanol–water partition coefficient (Wildman–Crippen LogP) is 0.807. The highest BCUT2D eigenvalue weighted by Crippen LogP contribution is 2.39. The van der Waals surface area contributed by atoms with E-state index in [1.165, 1.54) is 7.11 Å². The Kier molecular flexibility index (Phi) is 7.23. The number of aliphatic hydroxyl groups is 1. The van der Waals surface area contributed by atoms with E-state index in [2.05, 4.69) is 5.48 Å². The minimum atomic E-state index is -0.633. The number of aliphatic hydroxyl groups excluding tert-OH is 1. The standard InChI is InChI=1S/C14H21N3O6/c1-3-4-13(19)16-23-12-7-11(17(20)21)10(8-18)9(5-6-15)14(12)22-2/h7,18H,3-6,8,15H2,1-2H3,(H,16,19). The highest BCUT2D eigenvalue weighted by molar-refractivity contribution is 5.75. The number of nitro groups is 1. The lowest BCUT2D eigenvalue weighted by molar-refractivity contribution is -0.386. The van der Waals surface area contributed by atoms with Gasteiger partial charge in [-0.25, -0.2) is 0 Å². The molecule has 0 fully saturated rings. The number of nitro benzene ring substituents is 1. The first-order valence-corrected chi connectivity index (χ1v) is 7.13. The van der Waals surface area contributed by atoms with Crippen molar-refractivity contribution >= 4 is 11.6 Å². The molecular formula is C14H21N3O6. The summed E-state index contributed by atoms with van der Waals surface area (Å²) in [6.45, 7) is 1.50. The molecule has 0 bridgehead atoms. The molecule has 9 heteroatoms. The first-order valence-electron chi connectivity index (χ1n) is 7.13. The minimum absolute atomic E-state index is 0.00990. The molecule has 0 unspecified atom stereocenters. The van der Waals surface area contributed by atoms with Gasteiger partial charge in [0.1, 0.15) is 0 Å². The molecular weight excluding hydrogens is 306 g/mol. The van der Waals surface area contributed by atoms with Crippen LogP contribution < -0.4 is 20.8 Å². The summed E-state index contributed by atoms with van der Waals surface area (Å²) in [5, 5.41) is 20.7. The van der Waals surface area contributed by atoms with Crippen LogP contribution in [0.2, 0.25) is 0 Å². The number of carbonyl (C=O) groups is 1. The van der Waals surface area contributed by atoms with Gasteiger partial charge in [-0.3, -0.25) is 14.9 Å². The Morgan fingerprint density at radius 3 is 2.65 bits per heavy atom. The second-order valence-electron chi connectivity index (χ2n) is 4.72. The third-order valence-electron chi connectivity index (χ3n) is 3.14. The van der Waals surface area contributed by atoms with Gasteiger partial charge in [0, 0.05) is 12.0 Å². The molecule has 0 radical (unpaired) electrons. The normalized spacial score (nSPS) is 10.3. The largest absolute Gasteiger partial charge is 0.492 e. The average Bonchev–Trinajstić information content (AvgIpc) is 2.52. The van der Waals surface area contributed by atoms with Crippen LogP contribution in [-0.2, 0) is 17.8 Å². The van der Waals surface area contributed by atoms with Crippen molar-refractivity contribution in [3.8, 4) is 11.5 Å². The van der Waals surface area contributed by atoms with Gasteiger partial charge in [0.2, 0.25) is 5.75 Å². The van der Waals surface area contributed by atoms with E-state index >= 15 is 0 Å². The molecule has 1 amide bonds. The van der Waals surface area contributed by atoms with E-state index in [0.29, 0.717) is 12.0 Å². The third-order valence-corrected chi connectivity index (χ3v) is 3.14. The van der Waals surface area contributed by atoms with Gasteiger partial charge in [-0.2, -0.15) is 5.48 Å². The van der Waals surface area contributed by atoms with E-state index in [1.807, 2.05) is 6.92 Å². The summed E-state index contributed by atoms with van der Waals surface area (Å²) in [4.78, 5) is 27.2. The van der Waals surface area contributed by atoms with Crippen LogP contribution >= 0.6 is 0 Å². The Hall–Kier alpha value is -2.39. The van der Waals surface area contributed by atoms with Crippen molar-refractivity contribution in [2.75, 3.05) is 13.7 Å². The fourth-order valence-corrected chi connectivity index (χ4v) is 2.15. The predicted molar refractivity (Wildman–Crippen MR) is 82.0 cm³/mol. The van der Waals surface area contributed by atoms with Crippen molar-refractivity contribution < 1.29 is 24.4 Å². The van der Waals surface area contributed by atoms with Crippen LogP contribution in [0.15, 0.2) is 6.07 Å². The van der Waals surface area contributed by atoms with Crippen molar-refractivity contribution in [2.24, 2.45) is 5.73 Å². The van der Waals surface area contributed by atoms with Crippen LogP contribution in [0.25, 0.3) is 0 Å². The molecule has 0 atom stereocenters. The minimum Gasteiger partial charge on any atom is -0.492 e. The fraction of sp³-hybridized carbons (Fsp3) is 0.500. The van der Waals surface area contributed by atoms with Gasteiger partial charge in [0.15, 0.2) is 5.75 Å². The molecule has 0 aliphatic rings. The summed E-state index contributed by atoms with van der Waals surface area (Å²) in [7, 11) is 1.36. The first-order chi connectivity index (χ1) is 11.0. The average molecular weight is 327 g/mol. The molecule has 1 aromatic rings. The number of amides is 1. The van der Waals surface area contributed by atoms with E-state index in [9.17, 15) is 20.0 Å². The number of nitrogens with one attached hydrogen (secondary N) is 1. The number of rotatable bonds is 9. The van der Waals surface area contributed by atoms with Crippen molar-refractivity contribution in [3.05, 3.63) is 27.3 Å². The maximum atomic E-state index is 11.5. The zero-order chi connectivity index (χ0) is 17.4. The molecule has 23 heavy (non-hydrogen) atoms. The van der Waals surface area contributed by atoms with Crippen LogP contribution in [0.5, 0.6) is 11.5 Å². The molecule has 0 spiro atoms. The van der Waals surface area contributed by atoms with E-state index < -0.39 is 11.5 Å². The summed E-state index contributed by atoms with van der Waals surface area (Å²) in [6.07, 6.45) is 1.14. The molecule has 1 aromatic carbocycles.